The zero-order valence-corrected chi connectivity index (χ0v) is 10.1. The van der Waals surface area contributed by atoms with Crippen LogP contribution < -0.4 is 15.8 Å². The molecule has 0 radical (unpaired) electrons. The highest BCUT2D eigenvalue weighted by Gasteiger charge is 2.13. The van der Waals surface area contributed by atoms with Crippen LogP contribution in [0.1, 0.15) is 5.56 Å². The Morgan fingerprint density at radius 2 is 2.06 bits per heavy atom. The number of benzene rings is 1. The van der Waals surface area contributed by atoms with Crippen LogP contribution in [0.4, 0.5) is 17.3 Å². The van der Waals surface area contributed by atoms with Crippen molar-refractivity contribution in [1.82, 2.24) is 9.78 Å². The van der Waals surface area contributed by atoms with E-state index in [1.807, 2.05) is 30.3 Å². The first-order valence-electron chi connectivity index (χ1n) is 5.29. The van der Waals surface area contributed by atoms with E-state index in [9.17, 15) is 0 Å². The third-order valence-electron chi connectivity index (χ3n) is 2.54. The minimum atomic E-state index is 0.219. The molecule has 0 aliphatic heterocycles. The first-order valence-corrected chi connectivity index (χ1v) is 5.29. The van der Waals surface area contributed by atoms with Gasteiger partial charge in [0.05, 0.1) is 7.11 Å². The number of hydrogen-bond acceptors (Lipinski definition) is 5. The van der Waals surface area contributed by atoms with E-state index < -0.39 is 0 Å². The Kier molecular flexibility index (Phi) is 3.06. The molecule has 1 heterocycles. The van der Waals surface area contributed by atoms with Crippen LogP contribution in [0.25, 0.3) is 0 Å². The number of nitrogens with two attached hydrogens (primary N) is 1. The zero-order valence-electron chi connectivity index (χ0n) is 10.1. The summed E-state index contributed by atoms with van der Waals surface area (Å²) in [5.74, 6) is 1.56. The summed E-state index contributed by atoms with van der Waals surface area (Å²) in [4.78, 5) is 0. The van der Waals surface area contributed by atoms with E-state index >= 15 is 0 Å². The fraction of sp³-hybridized carbons (Fsp3) is 0.167. The van der Waals surface area contributed by atoms with Crippen molar-refractivity contribution >= 4 is 17.3 Å². The SMILES string of the molecule is COc1ccc(Nc2c(C#N)c(N)nn2C)cc1. The van der Waals surface area contributed by atoms with Gasteiger partial charge in [0.15, 0.2) is 5.82 Å². The summed E-state index contributed by atoms with van der Waals surface area (Å²) in [6.07, 6.45) is 0. The Labute approximate surface area is 105 Å². The normalized spacial score (nSPS) is 9.83. The Bertz CT molecular complexity index is 594. The quantitative estimate of drug-likeness (QED) is 0.855. The number of anilines is 3. The lowest BCUT2D eigenvalue weighted by molar-refractivity contribution is 0.415. The van der Waals surface area contributed by atoms with Crippen molar-refractivity contribution in [1.29, 1.82) is 5.26 Å². The maximum Gasteiger partial charge on any atom is 0.165 e. The molecule has 6 nitrogen and oxygen atoms in total. The first kappa shape index (κ1) is 11.8. The van der Waals surface area contributed by atoms with Gasteiger partial charge in [0.2, 0.25) is 0 Å². The van der Waals surface area contributed by atoms with E-state index in [1.54, 1.807) is 14.2 Å². The average Bonchev–Trinajstić information content (AvgIpc) is 2.64. The van der Waals surface area contributed by atoms with Crippen molar-refractivity contribution < 1.29 is 4.74 Å². The second-order valence-electron chi connectivity index (χ2n) is 3.70. The van der Waals surface area contributed by atoms with Crippen LogP contribution >= 0.6 is 0 Å². The topological polar surface area (TPSA) is 88.9 Å². The largest absolute Gasteiger partial charge is 0.497 e. The van der Waals surface area contributed by atoms with Gasteiger partial charge in [-0.15, -0.1) is 0 Å². The minimum Gasteiger partial charge on any atom is -0.497 e. The van der Waals surface area contributed by atoms with Crippen LogP contribution in [0.15, 0.2) is 24.3 Å². The standard InChI is InChI=1S/C12H13N5O/c1-17-12(10(7-13)11(14)16-17)15-8-3-5-9(18-2)6-4-8/h3-6,15H,1-2H3,(H2,14,16). The van der Waals surface area contributed by atoms with E-state index in [0.717, 1.165) is 11.4 Å². The Balaban J connectivity index is 2.31. The summed E-state index contributed by atoms with van der Waals surface area (Å²) in [5, 5.41) is 16.1. The van der Waals surface area contributed by atoms with Gasteiger partial charge in [0.1, 0.15) is 23.2 Å². The van der Waals surface area contributed by atoms with Gasteiger partial charge >= 0.3 is 0 Å². The van der Waals surface area contributed by atoms with Gasteiger partial charge in [-0.1, -0.05) is 0 Å². The molecule has 6 heteroatoms. The number of aromatic nitrogens is 2. The van der Waals surface area contributed by atoms with Crippen LogP contribution in [0.3, 0.4) is 0 Å². The molecule has 2 aromatic rings. The van der Waals surface area contributed by atoms with E-state index in [0.29, 0.717) is 11.4 Å². The van der Waals surface area contributed by atoms with E-state index in [1.165, 1.54) is 4.68 Å². The molecule has 2 rings (SSSR count). The van der Waals surface area contributed by atoms with Gasteiger partial charge in [-0.05, 0) is 24.3 Å². The summed E-state index contributed by atoms with van der Waals surface area (Å²) in [7, 11) is 3.33. The van der Waals surface area contributed by atoms with Crippen molar-refractivity contribution in [3.63, 3.8) is 0 Å². The summed E-state index contributed by atoms with van der Waals surface area (Å²) in [6, 6.07) is 9.39. The zero-order chi connectivity index (χ0) is 13.1. The lowest BCUT2D eigenvalue weighted by Gasteiger charge is -2.07. The maximum atomic E-state index is 9.03. The number of aryl methyl sites for hydroxylation is 1. The molecule has 1 aromatic heterocycles. The second kappa shape index (κ2) is 4.67. The third-order valence-corrected chi connectivity index (χ3v) is 2.54. The molecular formula is C12H13N5O. The van der Waals surface area contributed by atoms with Crippen molar-refractivity contribution in [3.8, 4) is 11.8 Å². The Morgan fingerprint density at radius 3 is 2.61 bits per heavy atom. The first-order chi connectivity index (χ1) is 8.65. The van der Waals surface area contributed by atoms with Crippen LogP contribution in [-0.2, 0) is 7.05 Å². The number of methoxy groups -OCH3 is 1. The molecule has 1 aromatic carbocycles. The number of ether oxygens (including phenoxy) is 1. The van der Waals surface area contributed by atoms with Gasteiger partial charge < -0.3 is 15.8 Å². The van der Waals surface area contributed by atoms with Crippen molar-refractivity contribution in [2.75, 3.05) is 18.2 Å². The highest BCUT2D eigenvalue weighted by molar-refractivity contribution is 5.69. The van der Waals surface area contributed by atoms with Crippen molar-refractivity contribution in [3.05, 3.63) is 29.8 Å². The van der Waals surface area contributed by atoms with Crippen molar-refractivity contribution in [2.45, 2.75) is 0 Å². The van der Waals surface area contributed by atoms with E-state index in [2.05, 4.69) is 10.4 Å². The molecule has 0 fully saturated rings. The molecular weight excluding hydrogens is 230 g/mol. The fourth-order valence-electron chi connectivity index (χ4n) is 1.61. The van der Waals surface area contributed by atoms with Crippen LogP contribution in [0.5, 0.6) is 5.75 Å². The van der Waals surface area contributed by atoms with E-state index in [-0.39, 0.29) is 5.82 Å². The number of nitrogen functional groups attached to an aromatic ring is 1. The second-order valence-corrected chi connectivity index (χ2v) is 3.70. The highest BCUT2D eigenvalue weighted by atomic mass is 16.5. The molecule has 3 N–H and O–H groups in total. The van der Waals surface area contributed by atoms with Crippen molar-refractivity contribution in [2.24, 2.45) is 7.05 Å². The Hall–Kier alpha value is -2.68. The maximum absolute atomic E-state index is 9.03. The predicted octanol–water partition coefficient (Wildman–Crippen LogP) is 1.63. The number of nitriles is 1. The highest BCUT2D eigenvalue weighted by Crippen LogP contribution is 2.25. The van der Waals surface area contributed by atoms with Crippen LogP contribution in [0, 0.1) is 11.3 Å². The number of rotatable bonds is 3. The smallest absolute Gasteiger partial charge is 0.165 e. The lowest BCUT2D eigenvalue weighted by atomic mass is 10.2. The number of nitrogens with zero attached hydrogens (tertiary/aromatic N) is 3. The van der Waals surface area contributed by atoms with Gasteiger partial charge in [-0.25, -0.2) is 4.68 Å². The van der Waals surface area contributed by atoms with Crippen LogP contribution in [-0.4, -0.2) is 16.9 Å². The summed E-state index contributed by atoms with van der Waals surface area (Å²) in [6.45, 7) is 0. The van der Waals surface area contributed by atoms with Crippen LogP contribution in [0.2, 0.25) is 0 Å². The molecule has 0 saturated carbocycles. The molecule has 18 heavy (non-hydrogen) atoms. The van der Waals surface area contributed by atoms with Gasteiger partial charge in [-0.3, -0.25) is 0 Å². The monoisotopic (exact) mass is 243 g/mol. The molecule has 0 aliphatic rings. The average molecular weight is 243 g/mol. The predicted molar refractivity (Wildman–Crippen MR) is 68.6 cm³/mol. The molecule has 92 valence electrons. The minimum absolute atomic E-state index is 0.219. The summed E-state index contributed by atoms with van der Waals surface area (Å²) in [5.41, 5.74) is 6.81. The summed E-state index contributed by atoms with van der Waals surface area (Å²) < 4.78 is 6.61. The number of nitrogens with one attached hydrogen (secondary N) is 1. The van der Waals surface area contributed by atoms with Gasteiger partial charge in [0.25, 0.3) is 0 Å². The molecule has 0 atom stereocenters. The van der Waals surface area contributed by atoms with Gasteiger partial charge in [0, 0.05) is 12.7 Å². The molecule has 0 spiro atoms. The third kappa shape index (κ3) is 2.06. The molecule has 0 aliphatic carbocycles. The van der Waals surface area contributed by atoms with Gasteiger partial charge in [-0.2, -0.15) is 10.4 Å². The Morgan fingerprint density at radius 1 is 1.39 bits per heavy atom. The fourth-order valence-corrected chi connectivity index (χ4v) is 1.61. The number of hydrogen-bond donors (Lipinski definition) is 2. The molecule has 0 bridgehead atoms. The lowest BCUT2D eigenvalue weighted by Crippen LogP contribution is -2.00. The molecule has 0 saturated heterocycles. The molecule has 0 unspecified atom stereocenters. The molecule has 0 amide bonds. The summed E-state index contributed by atoms with van der Waals surface area (Å²) >= 11 is 0. The van der Waals surface area contributed by atoms with E-state index in [4.69, 9.17) is 15.7 Å².